The number of phosphoric acid groups is 1. The minimum absolute atomic E-state index is 0.0852. The summed E-state index contributed by atoms with van der Waals surface area (Å²) in [5.74, 6) is -6.15. The third-order valence-electron chi connectivity index (χ3n) is 4.71. The van der Waals surface area contributed by atoms with Crippen molar-refractivity contribution in [3.8, 4) is 0 Å². The number of carbonyl (C=O) groups excluding carboxylic acids is 2. The molecule has 1 aliphatic carbocycles. The quantitative estimate of drug-likeness (QED) is 0.666. The minimum atomic E-state index is -4.81. The molecule has 1 heterocycles. The van der Waals surface area contributed by atoms with E-state index in [-0.39, 0.29) is 13.1 Å². The zero-order chi connectivity index (χ0) is 20.6. The van der Waals surface area contributed by atoms with E-state index in [1.807, 2.05) is 0 Å². The molecule has 1 saturated carbocycles. The first-order chi connectivity index (χ1) is 12.2. The van der Waals surface area contributed by atoms with E-state index in [4.69, 9.17) is 14.5 Å². The van der Waals surface area contributed by atoms with Crippen molar-refractivity contribution in [2.75, 3.05) is 19.7 Å². The van der Waals surface area contributed by atoms with Gasteiger partial charge in [0.25, 0.3) is 0 Å². The van der Waals surface area contributed by atoms with Crippen LogP contribution in [-0.4, -0.2) is 57.8 Å². The molecule has 0 aromatic heterocycles. The first-order valence-electron chi connectivity index (χ1n) is 8.76. The van der Waals surface area contributed by atoms with Crippen LogP contribution in [0.3, 0.4) is 0 Å². The maximum Gasteiger partial charge on any atom is 0.469 e. The number of alkyl halides is 2. The third-order valence-corrected chi connectivity index (χ3v) is 5.20. The van der Waals surface area contributed by atoms with Crippen LogP contribution >= 0.6 is 7.82 Å². The fourth-order valence-corrected chi connectivity index (χ4v) is 3.97. The van der Waals surface area contributed by atoms with Gasteiger partial charge in [-0.2, -0.15) is 0 Å². The van der Waals surface area contributed by atoms with Crippen molar-refractivity contribution in [3.05, 3.63) is 0 Å². The number of halogens is 2. The largest absolute Gasteiger partial charge is 0.469 e. The van der Waals surface area contributed by atoms with Gasteiger partial charge in [-0.05, 0) is 33.1 Å². The fraction of sp³-hybridized carbons (Fsp3) is 0.875. The average molecular weight is 413 g/mol. The molecule has 0 spiro atoms. The number of amides is 1. The highest BCUT2D eigenvalue weighted by Crippen LogP contribution is 2.47. The van der Waals surface area contributed by atoms with Crippen LogP contribution < -0.4 is 0 Å². The second-order valence-electron chi connectivity index (χ2n) is 8.23. The van der Waals surface area contributed by atoms with Gasteiger partial charge in [0.1, 0.15) is 11.4 Å². The van der Waals surface area contributed by atoms with Gasteiger partial charge in [0.2, 0.25) is 5.92 Å². The predicted octanol–water partition coefficient (Wildman–Crippen LogP) is 2.58. The van der Waals surface area contributed by atoms with Gasteiger partial charge in [0.15, 0.2) is 0 Å². The van der Waals surface area contributed by atoms with Crippen molar-refractivity contribution in [1.29, 1.82) is 0 Å². The van der Waals surface area contributed by atoms with E-state index in [0.717, 1.165) is 0 Å². The molecule has 0 radical (unpaired) electrons. The normalized spacial score (nSPS) is 28.4. The lowest BCUT2D eigenvalue weighted by molar-refractivity contribution is -0.128. The van der Waals surface area contributed by atoms with Crippen LogP contribution in [0, 0.1) is 17.8 Å². The first-order valence-corrected chi connectivity index (χ1v) is 10.3. The molecule has 2 N–H and O–H groups in total. The maximum absolute atomic E-state index is 13.8. The Morgan fingerprint density at radius 1 is 1.26 bits per heavy atom. The topological polar surface area (TPSA) is 113 Å². The van der Waals surface area contributed by atoms with Crippen molar-refractivity contribution in [1.82, 2.24) is 4.90 Å². The Morgan fingerprint density at radius 2 is 1.89 bits per heavy atom. The zero-order valence-corrected chi connectivity index (χ0v) is 16.5. The van der Waals surface area contributed by atoms with Crippen LogP contribution in [0.4, 0.5) is 13.6 Å². The van der Waals surface area contributed by atoms with E-state index >= 15 is 0 Å². The Kier molecular flexibility index (Phi) is 6.36. The second-order valence-corrected chi connectivity index (χ2v) is 9.47. The minimum Gasteiger partial charge on any atom is -0.444 e. The van der Waals surface area contributed by atoms with Gasteiger partial charge < -0.3 is 19.4 Å². The molecule has 0 bridgehead atoms. The van der Waals surface area contributed by atoms with Gasteiger partial charge in [0.05, 0.1) is 6.61 Å². The van der Waals surface area contributed by atoms with Crippen molar-refractivity contribution in [2.24, 2.45) is 17.8 Å². The number of ketones is 1. The van der Waals surface area contributed by atoms with E-state index in [1.54, 1.807) is 20.8 Å². The van der Waals surface area contributed by atoms with Crippen molar-refractivity contribution >= 4 is 19.7 Å². The second kappa shape index (κ2) is 7.73. The van der Waals surface area contributed by atoms with Gasteiger partial charge in [0, 0.05) is 37.8 Å². The number of nitrogens with zero attached hydrogens (tertiary/aromatic N) is 1. The zero-order valence-electron chi connectivity index (χ0n) is 15.6. The highest BCUT2D eigenvalue weighted by atomic mass is 31.2. The molecule has 0 aromatic carbocycles. The molecular weight excluding hydrogens is 387 g/mol. The van der Waals surface area contributed by atoms with Gasteiger partial charge >= 0.3 is 13.9 Å². The molecule has 11 heteroatoms. The van der Waals surface area contributed by atoms with Crippen LogP contribution in [0.1, 0.15) is 40.0 Å². The van der Waals surface area contributed by atoms with E-state index in [1.165, 1.54) is 4.90 Å². The number of phosphoric ester groups is 1. The molecule has 1 amide bonds. The van der Waals surface area contributed by atoms with E-state index in [0.29, 0.717) is 6.42 Å². The smallest absolute Gasteiger partial charge is 0.444 e. The lowest BCUT2D eigenvalue weighted by Crippen LogP contribution is -2.36. The number of likely N-dealkylation sites (tertiary alicyclic amines) is 1. The number of rotatable bonds is 5. The van der Waals surface area contributed by atoms with Crippen LogP contribution in [0.25, 0.3) is 0 Å². The predicted molar refractivity (Wildman–Crippen MR) is 90.1 cm³/mol. The molecule has 156 valence electrons. The monoisotopic (exact) mass is 413 g/mol. The molecule has 3 atom stereocenters. The molecule has 1 aliphatic heterocycles. The number of Topliss-reactive ketones (excluding diaryl/α,β-unsaturated/α-hetero) is 1. The summed E-state index contributed by atoms with van der Waals surface area (Å²) in [7, 11) is -4.81. The molecule has 1 saturated heterocycles. The number of carbonyl (C=O) groups is 2. The van der Waals surface area contributed by atoms with Gasteiger partial charge in [-0.3, -0.25) is 9.32 Å². The van der Waals surface area contributed by atoms with Crippen LogP contribution in [0.15, 0.2) is 0 Å². The summed E-state index contributed by atoms with van der Waals surface area (Å²) >= 11 is 0. The Labute approximate surface area is 156 Å². The Balaban J connectivity index is 2.00. The molecule has 2 rings (SSSR count). The standard InChI is InChI=1S/C16H26F2NO7P/c1-15(2,3)26-14(21)19-5-4-10(8-19)13(20)12-7-16(17,18)6-11(12)9-25-27(22,23)24/h10-12H,4-9H2,1-3H3,(H2,22,23,24)/t10-,11+,12?/m1/s1. The summed E-state index contributed by atoms with van der Waals surface area (Å²) in [5, 5.41) is 0. The molecular formula is C16H26F2NO7P. The SMILES string of the molecule is CC(C)(C)OC(=O)N1CC[C@@H](C(=O)C2CC(F)(F)C[C@H]2COP(=O)(O)O)C1. The summed E-state index contributed by atoms with van der Waals surface area (Å²) in [4.78, 5) is 43.8. The van der Waals surface area contributed by atoms with E-state index in [2.05, 4.69) is 4.52 Å². The van der Waals surface area contributed by atoms with E-state index < -0.39 is 68.4 Å². The average Bonchev–Trinajstić information content (AvgIpc) is 3.06. The number of hydrogen-bond acceptors (Lipinski definition) is 5. The summed E-state index contributed by atoms with van der Waals surface area (Å²) in [6.07, 6.45) is -1.56. The number of ether oxygens (including phenoxy) is 1. The molecule has 2 fully saturated rings. The lowest BCUT2D eigenvalue weighted by atomic mass is 9.85. The van der Waals surface area contributed by atoms with Crippen LogP contribution in [0.2, 0.25) is 0 Å². The molecule has 1 unspecified atom stereocenters. The Morgan fingerprint density at radius 3 is 2.44 bits per heavy atom. The summed E-state index contributed by atoms with van der Waals surface area (Å²) in [6, 6.07) is 0. The van der Waals surface area contributed by atoms with Crippen LogP contribution in [-0.2, 0) is 18.6 Å². The Hall–Kier alpha value is -1.09. The van der Waals surface area contributed by atoms with Gasteiger partial charge in [-0.1, -0.05) is 0 Å². The van der Waals surface area contributed by atoms with E-state index in [9.17, 15) is 22.9 Å². The summed E-state index contributed by atoms with van der Waals surface area (Å²) in [6.45, 7) is 4.92. The third kappa shape index (κ3) is 6.48. The molecule has 27 heavy (non-hydrogen) atoms. The summed E-state index contributed by atoms with van der Waals surface area (Å²) < 4.78 is 48.1. The maximum atomic E-state index is 13.8. The highest BCUT2D eigenvalue weighted by Gasteiger charge is 2.51. The van der Waals surface area contributed by atoms with Crippen molar-refractivity contribution < 1.29 is 42.0 Å². The fourth-order valence-electron chi connectivity index (χ4n) is 3.59. The van der Waals surface area contributed by atoms with Crippen molar-refractivity contribution in [2.45, 2.75) is 51.6 Å². The molecule has 8 nitrogen and oxygen atoms in total. The number of hydrogen-bond donors (Lipinski definition) is 2. The highest BCUT2D eigenvalue weighted by molar-refractivity contribution is 7.46. The van der Waals surface area contributed by atoms with Crippen molar-refractivity contribution in [3.63, 3.8) is 0 Å². The lowest BCUT2D eigenvalue weighted by Gasteiger charge is -2.25. The molecule has 0 aromatic rings. The van der Waals surface area contributed by atoms with Gasteiger partial charge in [-0.25, -0.2) is 18.1 Å². The summed E-state index contributed by atoms with van der Waals surface area (Å²) in [5.41, 5.74) is -0.683. The first kappa shape index (κ1) is 22.2. The van der Waals surface area contributed by atoms with Gasteiger partial charge in [-0.15, -0.1) is 0 Å². The molecule has 2 aliphatic rings. The Bertz CT molecular complexity index is 631. The van der Waals surface area contributed by atoms with Crippen LogP contribution in [0.5, 0.6) is 0 Å².